The van der Waals surface area contributed by atoms with Crippen molar-refractivity contribution in [1.29, 1.82) is 0 Å². The molecule has 6 nitrogen and oxygen atoms in total. The Morgan fingerprint density at radius 3 is 2.33 bits per heavy atom. The van der Waals surface area contributed by atoms with Crippen LogP contribution in [0, 0.1) is 0 Å². The van der Waals surface area contributed by atoms with Crippen LogP contribution in [0.1, 0.15) is 32.8 Å². The first-order valence-corrected chi connectivity index (χ1v) is 7.15. The largest absolute Gasteiger partial charge is 0.481 e. The third-order valence-electron chi connectivity index (χ3n) is 3.36. The van der Waals surface area contributed by atoms with Gasteiger partial charge in [-0.05, 0) is 38.5 Å². The summed E-state index contributed by atoms with van der Waals surface area (Å²) in [6.07, 6.45) is 3.34. The first-order valence-electron chi connectivity index (χ1n) is 7.15. The first kappa shape index (κ1) is 16.9. The molecule has 6 heteroatoms. The van der Waals surface area contributed by atoms with Crippen molar-refractivity contribution in [2.24, 2.45) is 0 Å². The lowest BCUT2D eigenvalue weighted by Crippen LogP contribution is -2.47. The molecule has 0 saturated carbocycles. The molecule has 1 N–H and O–H groups in total. The minimum atomic E-state index is -0.897. The summed E-state index contributed by atoms with van der Waals surface area (Å²) in [5.74, 6) is -0.897. The summed E-state index contributed by atoms with van der Waals surface area (Å²) in [5, 5.41) is 8.88. The van der Waals surface area contributed by atoms with Crippen LogP contribution in [-0.2, 0) is 11.3 Å². The minimum Gasteiger partial charge on any atom is -0.481 e. The fourth-order valence-electron chi connectivity index (χ4n) is 2.20. The van der Waals surface area contributed by atoms with E-state index in [-0.39, 0.29) is 18.5 Å². The summed E-state index contributed by atoms with van der Waals surface area (Å²) in [5.41, 5.74) is 1.00. The van der Waals surface area contributed by atoms with Crippen molar-refractivity contribution < 1.29 is 14.7 Å². The molecule has 0 aliphatic heterocycles. The lowest BCUT2D eigenvalue weighted by molar-refractivity contribution is -0.138. The van der Waals surface area contributed by atoms with Gasteiger partial charge in [0.2, 0.25) is 0 Å². The third kappa shape index (κ3) is 5.06. The number of pyridine rings is 1. The number of hydrogen-bond donors (Lipinski definition) is 1. The highest BCUT2D eigenvalue weighted by Gasteiger charge is 2.24. The molecule has 0 spiro atoms. The molecule has 0 aliphatic carbocycles. The monoisotopic (exact) mass is 293 g/mol. The topological polar surface area (TPSA) is 73.7 Å². The second kappa shape index (κ2) is 8.24. The van der Waals surface area contributed by atoms with Gasteiger partial charge < -0.3 is 14.9 Å². The Labute approximate surface area is 125 Å². The van der Waals surface area contributed by atoms with E-state index in [1.54, 1.807) is 29.1 Å². The molecule has 1 aromatic heterocycles. The fourth-order valence-corrected chi connectivity index (χ4v) is 2.20. The average molecular weight is 293 g/mol. The number of carboxylic acid groups (broad SMARTS) is 1. The highest BCUT2D eigenvalue weighted by Crippen LogP contribution is 2.11. The van der Waals surface area contributed by atoms with Crippen LogP contribution in [0.5, 0.6) is 0 Å². The Kier molecular flexibility index (Phi) is 6.65. The summed E-state index contributed by atoms with van der Waals surface area (Å²) in [6, 6.07) is 3.27. The summed E-state index contributed by atoms with van der Waals surface area (Å²) >= 11 is 0. The molecule has 2 amide bonds. The average Bonchev–Trinajstić information content (AvgIpc) is 2.45. The van der Waals surface area contributed by atoms with Crippen LogP contribution in [0.15, 0.2) is 24.5 Å². The molecule has 0 aromatic carbocycles. The van der Waals surface area contributed by atoms with Gasteiger partial charge in [0.1, 0.15) is 0 Å². The van der Waals surface area contributed by atoms with Gasteiger partial charge in [0.05, 0.1) is 6.42 Å². The van der Waals surface area contributed by atoms with Gasteiger partial charge in [0, 0.05) is 38.1 Å². The highest BCUT2D eigenvalue weighted by atomic mass is 16.4. The van der Waals surface area contributed by atoms with Crippen molar-refractivity contribution in [3.8, 4) is 0 Å². The standard InChI is InChI=1S/C15H23N3O3/c1-4-17(11-13-6-8-16-9-7-13)15(21)18(5-2)12(3)10-14(19)20/h6-9,12H,4-5,10-11H2,1-3H3,(H,19,20). The van der Waals surface area contributed by atoms with Crippen LogP contribution < -0.4 is 0 Å². The number of carboxylic acids is 1. The fraction of sp³-hybridized carbons (Fsp3) is 0.533. The van der Waals surface area contributed by atoms with Crippen LogP contribution in [0.3, 0.4) is 0 Å². The van der Waals surface area contributed by atoms with E-state index in [0.29, 0.717) is 19.6 Å². The molecular formula is C15H23N3O3. The highest BCUT2D eigenvalue weighted by molar-refractivity contribution is 5.76. The molecular weight excluding hydrogens is 270 g/mol. The van der Waals surface area contributed by atoms with Gasteiger partial charge >= 0.3 is 12.0 Å². The molecule has 1 atom stereocenters. The number of carbonyl (C=O) groups excluding carboxylic acids is 1. The number of rotatable bonds is 7. The summed E-state index contributed by atoms with van der Waals surface area (Å²) in [7, 11) is 0. The number of aromatic nitrogens is 1. The van der Waals surface area contributed by atoms with Crippen molar-refractivity contribution in [1.82, 2.24) is 14.8 Å². The van der Waals surface area contributed by atoms with Crippen LogP contribution in [-0.4, -0.2) is 51.0 Å². The van der Waals surface area contributed by atoms with Gasteiger partial charge in [-0.2, -0.15) is 0 Å². The van der Waals surface area contributed by atoms with Gasteiger partial charge in [-0.3, -0.25) is 9.78 Å². The molecule has 0 saturated heterocycles. The quantitative estimate of drug-likeness (QED) is 0.836. The van der Waals surface area contributed by atoms with Crippen molar-refractivity contribution >= 4 is 12.0 Å². The maximum absolute atomic E-state index is 12.6. The molecule has 116 valence electrons. The lowest BCUT2D eigenvalue weighted by Gasteiger charge is -2.33. The van der Waals surface area contributed by atoms with E-state index in [1.165, 1.54) is 0 Å². The number of nitrogens with zero attached hydrogens (tertiary/aromatic N) is 3. The van der Waals surface area contributed by atoms with Crippen molar-refractivity contribution in [2.75, 3.05) is 13.1 Å². The van der Waals surface area contributed by atoms with Crippen LogP contribution in [0.4, 0.5) is 4.79 Å². The summed E-state index contributed by atoms with van der Waals surface area (Å²) in [6.45, 7) is 7.08. The molecule has 0 radical (unpaired) electrons. The number of aliphatic carboxylic acids is 1. The van der Waals surface area contributed by atoms with Crippen molar-refractivity contribution in [3.05, 3.63) is 30.1 Å². The van der Waals surface area contributed by atoms with Gasteiger partial charge in [0.25, 0.3) is 0 Å². The second-order valence-corrected chi connectivity index (χ2v) is 4.89. The van der Waals surface area contributed by atoms with Crippen molar-refractivity contribution in [3.63, 3.8) is 0 Å². The maximum atomic E-state index is 12.6. The SMILES string of the molecule is CCN(Cc1ccncc1)C(=O)N(CC)C(C)CC(=O)O. The third-order valence-corrected chi connectivity index (χ3v) is 3.36. The molecule has 1 heterocycles. The molecule has 1 rings (SSSR count). The van der Waals surface area contributed by atoms with Gasteiger partial charge in [-0.15, -0.1) is 0 Å². The van der Waals surface area contributed by atoms with Gasteiger partial charge in [0.15, 0.2) is 0 Å². The predicted octanol–water partition coefficient (Wildman–Crippen LogP) is 2.21. The smallest absolute Gasteiger partial charge is 0.320 e. The van der Waals surface area contributed by atoms with E-state index in [2.05, 4.69) is 4.98 Å². The first-order chi connectivity index (χ1) is 9.99. The lowest BCUT2D eigenvalue weighted by atomic mass is 10.2. The summed E-state index contributed by atoms with van der Waals surface area (Å²) < 4.78 is 0. The Hall–Kier alpha value is -2.11. The van der Waals surface area contributed by atoms with E-state index in [9.17, 15) is 9.59 Å². The zero-order chi connectivity index (χ0) is 15.8. The number of carbonyl (C=O) groups is 2. The van der Waals surface area contributed by atoms with E-state index in [1.807, 2.05) is 26.0 Å². The summed E-state index contributed by atoms with van der Waals surface area (Å²) in [4.78, 5) is 30.7. The van der Waals surface area contributed by atoms with Crippen LogP contribution in [0.25, 0.3) is 0 Å². The normalized spacial score (nSPS) is 11.8. The number of urea groups is 1. The van der Waals surface area contributed by atoms with Gasteiger partial charge in [-0.1, -0.05) is 0 Å². The van der Waals surface area contributed by atoms with E-state index in [4.69, 9.17) is 5.11 Å². The molecule has 0 fully saturated rings. The Morgan fingerprint density at radius 1 is 1.24 bits per heavy atom. The van der Waals surface area contributed by atoms with Gasteiger partial charge in [-0.25, -0.2) is 4.79 Å². The minimum absolute atomic E-state index is 0.0492. The molecule has 0 bridgehead atoms. The van der Waals surface area contributed by atoms with Crippen LogP contribution in [0.2, 0.25) is 0 Å². The molecule has 21 heavy (non-hydrogen) atoms. The molecule has 1 unspecified atom stereocenters. The number of amides is 2. The van der Waals surface area contributed by atoms with E-state index >= 15 is 0 Å². The van der Waals surface area contributed by atoms with Crippen LogP contribution >= 0.6 is 0 Å². The van der Waals surface area contributed by atoms with Crippen molar-refractivity contribution in [2.45, 2.75) is 39.8 Å². The Balaban J connectivity index is 2.78. The maximum Gasteiger partial charge on any atom is 0.320 e. The van der Waals surface area contributed by atoms with E-state index in [0.717, 1.165) is 5.56 Å². The Bertz CT molecular complexity index is 464. The number of hydrogen-bond acceptors (Lipinski definition) is 3. The Morgan fingerprint density at radius 2 is 1.86 bits per heavy atom. The van der Waals surface area contributed by atoms with E-state index < -0.39 is 5.97 Å². The predicted molar refractivity (Wildman–Crippen MR) is 79.8 cm³/mol. The molecule has 0 aliphatic rings. The molecule has 1 aromatic rings. The zero-order valence-corrected chi connectivity index (χ0v) is 12.8. The second-order valence-electron chi connectivity index (χ2n) is 4.89. The zero-order valence-electron chi connectivity index (χ0n) is 12.8.